The van der Waals surface area contributed by atoms with Gasteiger partial charge in [0.15, 0.2) is 11.5 Å². The van der Waals surface area contributed by atoms with Crippen LogP contribution in [0.4, 0.5) is 8.78 Å². The van der Waals surface area contributed by atoms with E-state index in [1.54, 1.807) is 6.08 Å². The lowest BCUT2D eigenvalue weighted by Gasteiger charge is -2.36. The Morgan fingerprint density at radius 3 is 2.81 bits per heavy atom. The number of ketones is 1. The largest absolute Gasteiger partial charge is 0.386 e. The first-order valence-corrected chi connectivity index (χ1v) is 8.85. The van der Waals surface area contributed by atoms with Crippen molar-refractivity contribution in [3.8, 4) is 0 Å². The molecular formula is C19H20ClF2N3O2. The van der Waals surface area contributed by atoms with Crippen molar-refractivity contribution in [2.45, 2.75) is 31.5 Å². The fraction of sp³-hybridized carbons (Fsp3) is 0.421. The van der Waals surface area contributed by atoms with Crippen molar-refractivity contribution in [2.75, 3.05) is 19.8 Å². The highest BCUT2D eigenvalue weighted by molar-refractivity contribution is 6.60. The third-order valence-corrected chi connectivity index (χ3v) is 5.27. The topological polar surface area (TPSA) is 77.0 Å². The van der Waals surface area contributed by atoms with Crippen LogP contribution in [-0.4, -0.2) is 42.8 Å². The molecule has 0 radical (unpaired) electrons. The van der Waals surface area contributed by atoms with E-state index in [0.717, 1.165) is 0 Å². The molecule has 2 atom stereocenters. The molecule has 3 rings (SSSR count). The first-order valence-electron chi connectivity index (χ1n) is 8.47. The number of hydrogen-bond acceptors (Lipinski definition) is 5. The minimum absolute atomic E-state index is 0.0150. The first-order chi connectivity index (χ1) is 12.6. The van der Waals surface area contributed by atoms with Crippen molar-refractivity contribution in [3.63, 3.8) is 0 Å². The molecule has 2 N–H and O–H groups in total. The van der Waals surface area contributed by atoms with E-state index in [9.17, 15) is 9.18 Å². The number of nitrogens with two attached hydrogens (primary N) is 1. The number of allylic oxidation sites excluding steroid dienone is 1. The summed E-state index contributed by atoms with van der Waals surface area (Å²) in [6.07, 6.45) is 1.61. The van der Waals surface area contributed by atoms with Crippen molar-refractivity contribution < 1.29 is 18.3 Å². The zero-order valence-corrected chi connectivity index (χ0v) is 15.8. The quantitative estimate of drug-likeness (QED) is 0.851. The van der Waals surface area contributed by atoms with Crippen LogP contribution in [0.3, 0.4) is 0 Å². The van der Waals surface area contributed by atoms with Gasteiger partial charge >= 0.3 is 0 Å². The summed E-state index contributed by atoms with van der Waals surface area (Å²) in [4.78, 5) is 20.7. The van der Waals surface area contributed by atoms with E-state index in [4.69, 9.17) is 22.1 Å². The summed E-state index contributed by atoms with van der Waals surface area (Å²) in [6, 6.07) is 4.12. The lowest BCUT2D eigenvalue weighted by molar-refractivity contribution is -0.112. The highest BCUT2D eigenvalue weighted by atomic mass is 35.5. The van der Waals surface area contributed by atoms with Gasteiger partial charge in [-0.3, -0.25) is 14.8 Å². The summed E-state index contributed by atoms with van der Waals surface area (Å²) in [5, 5.41) is 0.309. The first kappa shape index (κ1) is 19.6. The van der Waals surface area contributed by atoms with E-state index in [2.05, 4.69) is 9.98 Å². The number of Topliss-reactive ketones (excluding diaryl/α,β-unsaturated/α-hetero) is 1. The molecule has 0 bridgehead atoms. The van der Waals surface area contributed by atoms with Crippen molar-refractivity contribution in [2.24, 2.45) is 15.7 Å². The summed E-state index contributed by atoms with van der Waals surface area (Å²) >= 11 is 5.97. The van der Waals surface area contributed by atoms with Gasteiger partial charge in [0.2, 0.25) is 0 Å². The predicted molar refractivity (Wildman–Crippen MR) is 101 cm³/mol. The molecule has 0 aromatic heterocycles. The monoisotopic (exact) mass is 395 g/mol. The van der Waals surface area contributed by atoms with Crippen LogP contribution in [0, 0.1) is 5.82 Å². The molecule has 8 heteroatoms. The molecule has 27 heavy (non-hydrogen) atoms. The molecule has 0 fully saturated rings. The van der Waals surface area contributed by atoms with Gasteiger partial charge in [0, 0.05) is 12.0 Å². The zero-order valence-electron chi connectivity index (χ0n) is 15.1. The van der Waals surface area contributed by atoms with Crippen LogP contribution in [0.25, 0.3) is 0 Å². The second-order valence-electron chi connectivity index (χ2n) is 7.02. The van der Waals surface area contributed by atoms with Crippen molar-refractivity contribution >= 4 is 28.9 Å². The van der Waals surface area contributed by atoms with Gasteiger partial charge in [-0.15, -0.1) is 0 Å². The van der Waals surface area contributed by atoms with E-state index < -0.39 is 17.0 Å². The second-order valence-corrected chi connectivity index (χ2v) is 7.43. The molecule has 2 heterocycles. The normalized spacial score (nSPS) is 28.3. The molecule has 2 aliphatic heterocycles. The van der Waals surface area contributed by atoms with Gasteiger partial charge in [0.25, 0.3) is 0 Å². The Labute approximate surface area is 161 Å². The second kappa shape index (κ2) is 7.13. The highest BCUT2D eigenvalue weighted by Crippen LogP contribution is 2.42. The van der Waals surface area contributed by atoms with E-state index in [1.165, 1.54) is 32.0 Å². The van der Waals surface area contributed by atoms with Gasteiger partial charge in [0.05, 0.1) is 18.2 Å². The number of rotatable bonds is 4. The van der Waals surface area contributed by atoms with E-state index in [-0.39, 0.29) is 42.5 Å². The summed E-state index contributed by atoms with van der Waals surface area (Å²) in [7, 11) is 0. The fourth-order valence-electron chi connectivity index (χ4n) is 3.20. The lowest BCUT2D eigenvalue weighted by Crippen LogP contribution is -2.46. The third-order valence-electron chi connectivity index (χ3n) is 4.94. The molecule has 5 nitrogen and oxygen atoms in total. The number of aliphatic imine (C=N–C) groups is 2. The van der Waals surface area contributed by atoms with Gasteiger partial charge < -0.3 is 10.5 Å². The Bertz CT molecular complexity index is 880. The summed E-state index contributed by atoms with van der Waals surface area (Å²) < 4.78 is 35.2. The molecule has 0 spiro atoms. The molecule has 0 saturated heterocycles. The van der Waals surface area contributed by atoms with Crippen LogP contribution in [0.2, 0.25) is 0 Å². The maximum atomic E-state index is 15.3. The highest BCUT2D eigenvalue weighted by Gasteiger charge is 2.50. The van der Waals surface area contributed by atoms with Crippen molar-refractivity contribution in [1.82, 2.24) is 0 Å². The molecular weight excluding hydrogens is 376 g/mol. The van der Waals surface area contributed by atoms with E-state index >= 15 is 4.39 Å². The van der Waals surface area contributed by atoms with Crippen molar-refractivity contribution in [3.05, 3.63) is 46.3 Å². The average Bonchev–Trinajstić information content (AvgIpc) is 2.98. The van der Waals surface area contributed by atoms with Crippen molar-refractivity contribution in [1.29, 1.82) is 0 Å². The third kappa shape index (κ3) is 3.66. The molecule has 1 aromatic carbocycles. The van der Waals surface area contributed by atoms with Gasteiger partial charge in [-0.05, 0) is 37.6 Å². The van der Waals surface area contributed by atoms with Crippen LogP contribution in [-0.2, 0) is 21.5 Å². The predicted octanol–water partition coefficient (Wildman–Crippen LogP) is 2.85. The van der Waals surface area contributed by atoms with E-state index in [1.807, 2.05) is 0 Å². The molecule has 2 aliphatic rings. The van der Waals surface area contributed by atoms with Gasteiger partial charge in [-0.25, -0.2) is 8.78 Å². The van der Waals surface area contributed by atoms with Crippen LogP contribution in [0.1, 0.15) is 25.0 Å². The number of hydrogen-bond donors (Lipinski definition) is 1. The minimum Gasteiger partial charge on any atom is -0.386 e. The zero-order chi connectivity index (χ0) is 19.8. The maximum absolute atomic E-state index is 15.3. The maximum Gasteiger partial charge on any atom is 0.186 e. The number of halogens is 3. The Hall–Kier alpha value is -2.12. The molecule has 0 aliphatic carbocycles. The lowest BCUT2D eigenvalue weighted by atomic mass is 9.78. The number of alkyl halides is 1. The Morgan fingerprint density at radius 2 is 2.15 bits per heavy atom. The number of benzene rings is 1. The fourth-order valence-corrected chi connectivity index (χ4v) is 3.43. The molecule has 1 aromatic rings. The smallest absolute Gasteiger partial charge is 0.186 e. The van der Waals surface area contributed by atoms with E-state index in [0.29, 0.717) is 17.1 Å². The number of ether oxygens (including phenoxy) is 1. The summed E-state index contributed by atoms with van der Waals surface area (Å²) in [6.45, 7) is 2.82. The van der Waals surface area contributed by atoms with Crippen LogP contribution in [0.15, 0.2) is 39.3 Å². The summed E-state index contributed by atoms with van der Waals surface area (Å²) in [5.41, 5.74) is 2.91. The molecule has 144 valence electrons. The molecule has 1 unspecified atom stereocenters. The van der Waals surface area contributed by atoms with Gasteiger partial charge in [-0.1, -0.05) is 17.7 Å². The molecule has 0 saturated carbocycles. The van der Waals surface area contributed by atoms with Crippen LogP contribution in [0.5, 0.6) is 0 Å². The SMILES string of the molecule is CC1(F)COCC(N)=N[C@]1(C)c1cc(CC(=O)C2=NCC=C2Cl)ccc1F. The number of carbonyl (C=O) groups excluding carboxylic acids is 1. The summed E-state index contributed by atoms with van der Waals surface area (Å²) in [5.74, 6) is -0.837. The average molecular weight is 396 g/mol. The van der Waals surface area contributed by atoms with Crippen LogP contribution >= 0.6 is 11.6 Å². The standard InChI is InChI=1S/C19H20ClF2N3O2/c1-18(22)10-27-9-16(23)25-19(18,2)12-7-11(3-4-14(12)21)8-15(26)17-13(20)5-6-24-17/h3-5,7H,6,8-10H2,1-2H3,(H2,23,25)/t18?,19-/m1/s1. The number of nitrogens with zero attached hydrogens (tertiary/aromatic N) is 2. The minimum atomic E-state index is -2.00. The van der Waals surface area contributed by atoms with Gasteiger partial charge in [-0.2, -0.15) is 0 Å². The Morgan fingerprint density at radius 1 is 1.41 bits per heavy atom. The van der Waals surface area contributed by atoms with Crippen LogP contribution < -0.4 is 5.73 Å². The van der Waals surface area contributed by atoms with Gasteiger partial charge in [0.1, 0.15) is 29.5 Å². The number of carbonyl (C=O) groups is 1. The Kier molecular flexibility index (Phi) is 5.18. The Balaban J connectivity index is 1.99. The molecule has 0 amide bonds. The number of amidine groups is 1.